The number of nitrogens with one attached hydrogen (secondary N) is 1. The summed E-state index contributed by atoms with van der Waals surface area (Å²) in [5, 5.41) is 3.43. The highest BCUT2D eigenvalue weighted by Crippen LogP contribution is 2.40. The molecule has 0 aromatic heterocycles. The average Bonchev–Trinajstić information content (AvgIpc) is 3.04. The predicted molar refractivity (Wildman–Crippen MR) is 90.2 cm³/mol. The zero-order valence-electron chi connectivity index (χ0n) is 12.4. The van der Waals surface area contributed by atoms with Crippen LogP contribution < -0.4 is 10.1 Å². The maximum Gasteiger partial charge on any atom is 0.206 e. The van der Waals surface area contributed by atoms with E-state index >= 15 is 0 Å². The van der Waals surface area contributed by atoms with Crippen molar-refractivity contribution in [2.24, 2.45) is 0 Å². The molecule has 6 heteroatoms. The molecule has 4 nitrogen and oxygen atoms in total. The first-order chi connectivity index (χ1) is 10.7. The lowest BCUT2D eigenvalue weighted by Crippen LogP contribution is -2.35. The van der Waals surface area contributed by atoms with Crippen LogP contribution in [-0.2, 0) is 9.84 Å². The molecular formula is C17H18ClNO3S. The van der Waals surface area contributed by atoms with Crippen LogP contribution >= 0.6 is 12.4 Å². The third kappa shape index (κ3) is 2.73. The van der Waals surface area contributed by atoms with E-state index in [2.05, 4.69) is 5.32 Å². The molecule has 1 fully saturated rings. The van der Waals surface area contributed by atoms with Gasteiger partial charge in [0.2, 0.25) is 9.84 Å². The summed E-state index contributed by atoms with van der Waals surface area (Å²) in [5.41, 5.74) is 1.12. The molecule has 2 aromatic carbocycles. The largest absolute Gasteiger partial charge is 0.492 e. The SMILES string of the molecule is Cl.O=S(=O)(c1ccccc1)c1ccc2c(c1)OCC1NCCC21. The molecule has 2 aliphatic rings. The van der Waals surface area contributed by atoms with Crippen LogP contribution in [0, 0.1) is 0 Å². The Labute approximate surface area is 142 Å². The van der Waals surface area contributed by atoms with Gasteiger partial charge in [0.1, 0.15) is 12.4 Å². The van der Waals surface area contributed by atoms with Crippen LogP contribution in [0.2, 0.25) is 0 Å². The quantitative estimate of drug-likeness (QED) is 0.904. The first-order valence-corrected chi connectivity index (χ1v) is 8.95. The van der Waals surface area contributed by atoms with Crippen LogP contribution in [0.1, 0.15) is 17.9 Å². The Morgan fingerprint density at radius 1 is 1.04 bits per heavy atom. The summed E-state index contributed by atoms with van der Waals surface area (Å²) in [6.07, 6.45) is 1.08. The zero-order valence-corrected chi connectivity index (χ0v) is 14.1. The molecule has 0 bridgehead atoms. The third-order valence-corrected chi connectivity index (χ3v) is 6.28. The normalized spacial score (nSPS) is 22.4. The van der Waals surface area contributed by atoms with Gasteiger partial charge in [0.15, 0.2) is 0 Å². The van der Waals surface area contributed by atoms with Crippen molar-refractivity contribution >= 4 is 22.2 Å². The van der Waals surface area contributed by atoms with Gasteiger partial charge in [-0.1, -0.05) is 24.3 Å². The highest BCUT2D eigenvalue weighted by atomic mass is 35.5. The fourth-order valence-electron chi connectivity index (χ4n) is 3.34. The van der Waals surface area contributed by atoms with E-state index in [0.29, 0.717) is 34.1 Å². The Morgan fingerprint density at radius 2 is 1.83 bits per heavy atom. The Kier molecular flexibility index (Phi) is 4.36. The van der Waals surface area contributed by atoms with Crippen molar-refractivity contribution in [3.63, 3.8) is 0 Å². The van der Waals surface area contributed by atoms with Gasteiger partial charge in [0, 0.05) is 12.0 Å². The van der Waals surface area contributed by atoms with Crippen LogP contribution in [0.25, 0.3) is 0 Å². The lowest BCUT2D eigenvalue weighted by atomic mass is 9.90. The topological polar surface area (TPSA) is 55.4 Å². The Morgan fingerprint density at radius 3 is 2.61 bits per heavy atom. The molecule has 2 heterocycles. The number of hydrogen-bond acceptors (Lipinski definition) is 4. The molecule has 23 heavy (non-hydrogen) atoms. The van der Waals surface area contributed by atoms with Crippen molar-refractivity contribution in [1.82, 2.24) is 5.32 Å². The summed E-state index contributed by atoms with van der Waals surface area (Å²) in [7, 11) is -3.49. The second kappa shape index (κ2) is 6.15. The molecule has 2 unspecified atom stereocenters. The summed E-state index contributed by atoms with van der Waals surface area (Å²) < 4.78 is 31.1. The second-order valence-corrected chi connectivity index (χ2v) is 7.73. The van der Waals surface area contributed by atoms with E-state index < -0.39 is 9.84 Å². The van der Waals surface area contributed by atoms with Crippen LogP contribution in [0.3, 0.4) is 0 Å². The molecule has 4 rings (SSSR count). The Hall–Kier alpha value is -1.56. The van der Waals surface area contributed by atoms with Crippen LogP contribution in [0.5, 0.6) is 5.75 Å². The number of ether oxygens (including phenoxy) is 1. The van der Waals surface area contributed by atoms with E-state index in [-0.39, 0.29) is 12.4 Å². The van der Waals surface area contributed by atoms with Gasteiger partial charge in [-0.25, -0.2) is 8.42 Å². The number of fused-ring (bicyclic) bond motifs is 3. The van der Waals surface area contributed by atoms with Crippen molar-refractivity contribution in [2.45, 2.75) is 28.2 Å². The fraction of sp³-hybridized carbons (Fsp3) is 0.294. The lowest BCUT2D eigenvalue weighted by molar-refractivity contribution is 0.238. The molecule has 0 saturated carbocycles. The first-order valence-electron chi connectivity index (χ1n) is 7.46. The van der Waals surface area contributed by atoms with E-state index in [0.717, 1.165) is 18.5 Å². The van der Waals surface area contributed by atoms with Crippen molar-refractivity contribution in [3.8, 4) is 5.75 Å². The Balaban J connectivity index is 0.00000156. The molecule has 1 saturated heterocycles. The molecule has 2 aliphatic heterocycles. The molecule has 2 aromatic rings. The first kappa shape index (κ1) is 16.3. The van der Waals surface area contributed by atoms with Gasteiger partial charge in [-0.2, -0.15) is 0 Å². The van der Waals surface area contributed by atoms with Gasteiger partial charge in [0.05, 0.1) is 9.79 Å². The maximum absolute atomic E-state index is 12.7. The van der Waals surface area contributed by atoms with Crippen molar-refractivity contribution in [3.05, 3.63) is 54.1 Å². The third-order valence-electron chi connectivity index (χ3n) is 4.51. The van der Waals surface area contributed by atoms with Crippen LogP contribution in [0.4, 0.5) is 0 Å². The molecule has 122 valence electrons. The van der Waals surface area contributed by atoms with Crippen molar-refractivity contribution < 1.29 is 13.2 Å². The summed E-state index contributed by atoms with van der Waals surface area (Å²) in [6, 6.07) is 14.1. The molecule has 0 aliphatic carbocycles. The fourth-order valence-corrected chi connectivity index (χ4v) is 4.64. The second-order valence-electron chi connectivity index (χ2n) is 5.78. The summed E-state index contributed by atoms with van der Waals surface area (Å²) in [4.78, 5) is 0.605. The number of hydrogen-bond donors (Lipinski definition) is 1. The highest BCUT2D eigenvalue weighted by molar-refractivity contribution is 7.91. The molecule has 0 radical (unpaired) electrons. The molecule has 2 atom stereocenters. The highest BCUT2D eigenvalue weighted by Gasteiger charge is 2.35. The molecule has 0 spiro atoms. The van der Waals surface area contributed by atoms with Gasteiger partial charge in [-0.15, -0.1) is 12.4 Å². The van der Waals surface area contributed by atoms with E-state index in [9.17, 15) is 8.42 Å². The van der Waals surface area contributed by atoms with Gasteiger partial charge >= 0.3 is 0 Å². The van der Waals surface area contributed by atoms with Gasteiger partial charge in [0.25, 0.3) is 0 Å². The maximum atomic E-state index is 12.7. The molecular weight excluding hydrogens is 334 g/mol. The minimum atomic E-state index is -3.49. The van der Waals surface area contributed by atoms with Gasteiger partial charge in [-0.05, 0) is 42.8 Å². The number of benzene rings is 2. The van der Waals surface area contributed by atoms with Crippen molar-refractivity contribution in [2.75, 3.05) is 13.2 Å². The van der Waals surface area contributed by atoms with E-state index in [1.54, 1.807) is 36.4 Å². The van der Waals surface area contributed by atoms with Crippen molar-refractivity contribution in [1.29, 1.82) is 0 Å². The lowest BCUT2D eigenvalue weighted by Gasteiger charge is -2.28. The summed E-state index contributed by atoms with van der Waals surface area (Å²) in [5.74, 6) is 1.14. The Bertz CT molecular complexity index is 808. The van der Waals surface area contributed by atoms with Crippen LogP contribution in [0.15, 0.2) is 58.3 Å². The van der Waals surface area contributed by atoms with E-state index in [1.807, 2.05) is 12.1 Å². The summed E-state index contributed by atoms with van der Waals surface area (Å²) >= 11 is 0. The van der Waals surface area contributed by atoms with Crippen LogP contribution in [-0.4, -0.2) is 27.6 Å². The van der Waals surface area contributed by atoms with E-state index in [4.69, 9.17) is 4.74 Å². The predicted octanol–water partition coefficient (Wildman–Crippen LogP) is 2.78. The number of halogens is 1. The average molecular weight is 352 g/mol. The number of sulfone groups is 1. The van der Waals surface area contributed by atoms with E-state index in [1.165, 1.54) is 0 Å². The van der Waals surface area contributed by atoms with Gasteiger partial charge < -0.3 is 10.1 Å². The summed E-state index contributed by atoms with van der Waals surface area (Å²) in [6.45, 7) is 1.59. The number of rotatable bonds is 2. The monoisotopic (exact) mass is 351 g/mol. The minimum Gasteiger partial charge on any atom is -0.492 e. The molecule has 0 amide bonds. The van der Waals surface area contributed by atoms with Gasteiger partial charge in [-0.3, -0.25) is 0 Å². The standard InChI is InChI=1S/C17H17NO3S.ClH/c19-22(20,12-4-2-1-3-5-12)13-6-7-15-14-8-9-18-16(14)11-21-17(15)10-13;/h1-7,10,14,16,18H,8-9,11H2;1H. The molecule has 1 N–H and O–H groups in total. The smallest absolute Gasteiger partial charge is 0.206 e. The minimum absolute atomic E-state index is 0. The zero-order chi connectivity index (χ0) is 15.2.